The van der Waals surface area contributed by atoms with E-state index in [1.165, 1.54) is 5.56 Å². The van der Waals surface area contributed by atoms with Crippen LogP contribution in [0.5, 0.6) is 11.5 Å². The van der Waals surface area contributed by atoms with Crippen LogP contribution in [0.2, 0.25) is 0 Å². The third-order valence-electron chi connectivity index (χ3n) is 5.00. The monoisotopic (exact) mass is 381 g/mol. The summed E-state index contributed by atoms with van der Waals surface area (Å²) in [6.45, 7) is 1.98. The van der Waals surface area contributed by atoms with Crippen LogP contribution in [0.3, 0.4) is 0 Å². The zero-order valence-corrected chi connectivity index (χ0v) is 16.0. The van der Waals surface area contributed by atoms with E-state index in [-0.39, 0.29) is 6.10 Å². The Hall–Kier alpha value is -3.22. The summed E-state index contributed by atoms with van der Waals surface area (Å²) < 4.78 is 16.2. The quantitative estimate of drug-likeness (QED) is 0.861. The summed E-state index contributed by atoms with van der Waals surface area (Å²) in [5, 5.41) is 2.80. The van der Waals surface area contributed by atoms with Crippen LogP contribution in [0.25, 0.3) is 0 Å². The smallest absolute Gasteiger partial charge is 0.408 e. The van der Waals surface area contributed by atoms with Crippen LogP contribution in [-0.2, 0) is 17.8 Å². The van der Waals surface area contributed by atoms with Gasteiger partial charge in [0.05, 0.1) is 19.9 Å². The SMILES string of the molecule is COc1ccc(CNC(=O)O[C@@H]2CCN3Cc4ccccc4N=C23)cc1OC. The molecule has 146 valence electrons. The van der Waals surface area contributed by atoms with E-state index >= 15 is 0 Å². The van der Waals surface area contributed by atoms with Crippen molar-refractivity contribution < 1.29 is 19.0 Å². The summed E-state index contributed by atoms with van der Waals surface area (Å²) in [6, 6.07) is 13.6. The van der Waals surface area contributed by atoms with Gasteiger partial charge in [-0.15, -0.1) is 0 Å². The van der Waals surface area contributed by atoms with Gasteiger partial charge in [-0.1, -0.05) is 24.3 Å². The lowest BCUT2D eigenvalue weighted by atomic mass is 10.1. The average Bonchev–Trinajstić information content (AvgIpc) is 3.11. The largest absolute Gasteiger partial charge is 0.493 e. The second-order valence-corrected chi connectivity index (χ2v) is 6.75. The molecule has 2 aliphatic heterocycles. The molecule has 0 radical (unpaired) electrons. The maximum atomic E-state index is 12.3. The molecular weight excluding hydrogens is 358 g/mol. The number of fused-ring (bicyclic) bond motifs is 2. The predicted octanol–water partition coefficient (Wildman–Crippen LogP) is 3.25. The van der Waals surface area contributed by atoms with Gasteiger partial charge < -0.3 is 24.4 Å². The van der Waals surface area contributed by atoms with Gasteiger partial charge in [-0.2, -0.15) is 0 Å². The number of carbonyl (C=O) groups excluding carboxylic acids is 1. The van der Waals surface area contributed by atoms with E-state index in [4.69, 9.17) is 19.2 Å². The van der Waals surface area contributed by atoms with E-state index in [0.717, 1.165) is 36.6 Å². The molecule has 1 fully saturated rings. The number of carbonyl (C=O) groups is 1. The fraction of sp³-hybridized carbons (Fsp3) is 0.333. The number of hydrogen-bond acceptors (Lipinski definition) is 6. The average molecular weight is 381 g/mol. The number of amides is 1. The van der Waals surface area contributed by atoms with Crippen molar-refractivity contribution in [1.82, 2.24) is 10.2 Å². The topological polar surface area (TPSA) is 72.4 Å². The molecule has 1 N–H and O–H groups in total. The molecule has 0 unspecified atom stereocenters. The number of amidine groups is 1. The van der Waals surface area contributed by atoms with E-state index in [2.05, 4.69) is 16.3 Å². The number of nitrogens with zero attached hydrogens (tertiary/aromatic N) is 2. The van der Waals surface area contributed by atoms with Gasteiger partial charge in [0, 0.05) is 26.1 Å². The zero-order chi connectivity index (χ0) is 19.5. The van der Waals surface area contributed by atoms with Crippen molar-refractivity contribution in [2.24, 2.45) is 4.99 Å². The molecule has 7 nitrogen and oxygen atoms in total. The molecular formula is C21H23N3O4. The minimum Gasteiger partial charge on any atom is -0.493 e. The van der Waals surface area contributed by atoms with Gasteiger partial charge >= 0.3 is 6.09 Å². The summed E-state index contributed by atoms with van der Waals surface area (Å²) in [7, 11) is 3.17. The summed E-state index contributed by atoms with van der Waals surface area (Å²) >= 11 is 0. The van der Waals surface area contributed by atoms with E-state index in [9.17, 15) is 4.79 Å². The van der Waals surface area contributed by atoms with Gasteiger partial charge in [-0.3, -0.25) is 0 Å². The molecule has 2 heterocycles. The fourth-order valence-electron chi connectivity index (χ4n) is 3.55. The molecule has 1 saturated heterocycles. The van der Waals surface area contributed by atoms with Crippen LogP contribution in [0.1, 0.15) is 17.5 Å². The number of para-hydroxylation sites is 1. The van der Waals surface area contributed by atoms with Crippen LogP contribution in [0, 0.1) is 0 Å². The maximum absolute atomic E-state index is 12.3. The highest BCUT2D eigenvalue weighted by Gasteiger charge is 2.35. The minimum atomic E-state index is -0.455. The van der Waals surface area contributed by atoms with Crippen molar-refractivity contribution in [3.63, 3.8) is 0 Å². The standard InChI is InChI=1S/C21H23N3O4/c1-26-17-8-7-14(11-19(17)27-2)12-22-21(25)28-18-9-10-24-13-15-5-3-4-6-16(15)23-20(18)24/h3-8,11,18H,9-10,12-13H2,1-2H3,(H,22,25)/t18-/m1/s1. The first-order chi connectivity index (χ1) is 13.7. The Morgan fingerprint density at radius 3 is 2.82 bits per heavy atom. The van der Waals surface area contributed by atoms with Crippen molar-refractivity contribution in [2.45, 2.75) is 25.6 Å². The highest BCUT2D eigenvalue weighted by Crippen LogP contribution is 2.31. The minimum absolute atomic E-state index is 0.321. The zero-order valence-electron chi connectivity index (χ0n) is 16.0. The lowest BCUT2D eigenvalue weighted by molar-refractivity contribution is 0.127. The Labute approximate surface area is 163 Å². The number of ether oxygens (including phenoxy) is 3. The number of nitrogens with one attached hydrogen (secondary N) is 1. The van der Waals surface area contributed by atoms with Gasteiger partial charge in [0.25, 0.3) is 0 Å². The Morgan fingerprint density at radius 2 is 2.00 bits per heavy atom. The van der Waals surface area contributed by atoms with E-state index in [0.29, 0.717) is 18.0 Å². The van der Waals surface area contributed by atoms with E-state index < -0.39 is 6.09 Å². The molecule has 7 heteroatoms. The van der Waals surface area contributed by atoms with Crippen LogP contribution in [-0.4, -0.2) is 43.7 Å². The van der Waals surface area contributed by atoms with E-state index in [1.54, 1.807) is 14.2 Å². The number of alkyl carbamates (subject to hydrolysis) is 1. The molecule has 0 spiro atoms. The van der Waals surface area contributed by atoms with Gasteiger partial charge in [-0.25, -0.2) is 9.79 Å². The second-order valence-electron chi connectivity index (χ2n) is 6.75. The molecule has 2 aromatic carbocycles. The fourth-order valence-corrected chi connectivity index (χ4v) is 3.55. The number of aliphatic imine (C=N–C) groups is 1. The maximum Gasteiger partial charge on any atom is 0.408 e. The first-order valence-corrected chi connectivity index (χ1v) is 9.24. The molecule has 0 saturated carbocycles. The van der Waals surface area contributed by atoms with Crippen molar-refractivity contribution in [1.29, 1.82) is 0 Å². The first-order valence-electron chi connectivity index (χ1n) is 9.24. The van der Waals surface area contributed by atoms with Crippen LogP contribution < -0.4 is 14.8 Å². The molecule has 2 aromatic rings. The van der Waals surface area contributed by atoms with Gasteiger partial charge in [0.15, 0.2) is 17.6 Å². The number of rotatable bonds is 5. The molecule has 28 heavy (non-hydrogen) atoms. The summed E-state index contributed by atoms with van der Waals surface area (Å²) in [5.74, 6) is 2.10. The Kier molecular flexibility index (Phi) is 5.06. The van der Waals surface area contributed by atoms with Crippen LogP contribution >= 0.6 is 0 Å². The predicted molar refractivity (Wildman–Crippen MR) is 105 cm³/mol. The van der Waals surface area contributed by atoms with Crippen LogP contribution in [0.15, 0.2) is 47.5 Å². The lowest BCUT2D eigenvalue weighted by Crippen LogP contribution is -2.36. The summed E-state index contributed by atoms with van der Waals surface area (Å²) in [5.41, 5.74) is 3.05. The number of benzene rings is 2. The molecule has 0 bridgehead atoms. The Morgan fingerprint density at radius 1 is 1.18 bits per heavy atom. The molecule has 1 atom stereocenters. The summed E-state index contributed by atoms with van der Waals surface area (Å²) in [4.78, 5) is 19.2. The van der Waals surface area contributed by atoms with Crippen molar-refractivity contribution in [3.8, 4) is 11.5 Å². The normalized spacial score (nSPS) is 17.3. The van der Waals surface area contributed by atoms with Gasteiger partial charge in [0.1, 0.15) is 5.84 Å². The Balaban J connectivity index is 1.38. The summed E-state index contributed by atoms with van der Waals surface area (Å²) in [6.07, 6.45) is -0.0293. The lowest BCUT2D eigenvalue weighted by Gasteiger charge is -2.26. The molecule has 1 amide bonds. The third-order valence-corrected chi connectivity index (χ3v) is 5.00. The number of methoxy groups -OCH3 is 2. The van der Waals surface area contributed by atoms with E-state index in [1.807, 2.05) is 36.4 Å². The number of hydrogen-bond donors (Lipinski definition) is 1. The third kappa shape index (κ3) is 3.60. The first kappa shape index (κ1) is 18.2. The van der Waals surface area contributed by atoms with Crippen molar-refractivity contribution in [2.75, 3.05) is 20.8 Å². The molecule has 2 aliphatic rings. The molecule has 0 aliphatic carbocycles. The highest BCUT2D eigenvalue weighted by atomic mass is 16.6. The second kappa shape index (κ2) is 7.80. The van der Waals surface area contributed by atoms with Gasteiger partial charge in [0.2, 0.25) is 0 Å². The van der Waals surface area contributed by atoms with Crippen LogP contribution in [0.4, 0.5) is 10.5 Å². The Bertz CT molecular complexity index is 912. The van der Waals surface area contributed by atoms with Crippen molar-refractivity contribution in [3.05, 3.63) is 53.6 Å². The molecule has 0 aromatic heterocycles. The van der Waals surface area contributed by atoms with Gasteiger partial charge in [-0.05, 0) is 29.3 Å². The molecule has 4 rings (SSSR count). The highest BCUT2D eigenvalue weighted by molar-refractivity contribution is 5.93. The van der Waals surface area contributed by atoms with Crippen molar-refractivity contribution >= 4 is 17.6 Å².